The summed E-state index contributed by atoms with van der Waals surface area (Å²) in [6, 6.07) is 5.69. The lowest BCUT2D eigenvalue weighted by Crippen LogP contribution is -2.44. The van der Waals surface area contributed by atoms with Crippen LogP contribution < -0.4 is 4.74 Å². The molecule has 32 heavy (non-hydrogen) atoms. The van der Waals surface area contributed by atoms with Crippen molar-refractivity contribution in [3.8, 4) is 17.1 Å². The zero-order chi connectivity index (χ0) is 22.4. The number of piperidine rings is 1. The van der Waals surface area contributed by atoms with Gasteiger partial charge in [0, 0.05) is 38.8 Å². The lowest BCUT2D eigenvalue weighted by Gasteiger charge is -2.37. The van der Waals surface area contributed by atoms with Crippen LogP contribution in [0.2, 0.25) is 0 Å². The molecule has 2 aromatic heterocycles. The number of carbonyl (C=O) groups excluding carboxylic acids is 2. The van der Waals surface area contributed by atoms with Gasteiger partial charge in [0.05, 0.1) is 16.8 Å². The number of Topliss-reactive ketones (excluding diaryl/α,β-unsaturated/α-hetero) is 1. The third kappa shape index (κ3) is 3.68. The quantitative estimate of drug-likeness (QED) is 0.623. The molecule has 0 aliphatic carbocycles. The monoisotopic (exact) mass is 438 g/mol. The molecule has 0 bridgehead atoms. The molecule has 8 nitrogen and oxygen atoms in total. The lowest BCUT2D eigenvalue weighted by molar-refractivity contribution is 0.0446. The molecule has 0 saturated carbocycles. The smallest absolute Gasteiger partial charge is 0.276 e. The molecule has 0 radical (unpaired) electrons. The minimum Gasteiger partial charge on any atom is -0.489 e. The van der Waals surface area contributed by atoms with Crippen LogP contribution in [0.5, 0.6) is 5.75 Å². The number of aromatic nitrogens is 3. The minimum atomic E-state index is -0.444. The van der Waals surface area contributed by atoms with Crippen LogP contribution in [-0.2, 0) is 7.05 Å². The zero-order valence-corrected chi connectivity index (χ0v) is 17.9. The predicted octanol–water partition coefficient (Wildman–Crippen LogP) is 3.41. The Balaban J connectivity index is 1.23. The fourth-order valence-electron chi connectivity index (χ4n) is 4.56. The minimum absolute atomic E-state index is 0.102. The van der Waals surface area contributed by atoms with Gasteiger partial charge in [-0.25, -0.2) is 4.39 Å². The summed E-state index contributed by atoms with van der Waals surface area (Å²) in [5, 5.41) is 8.25. The molecule has 1 atom stereocenters. The molecule has 1 unspecified atom stereocenters. The molecule has 1 saturated heterocycles. The fourth-order valence-corrected chi connectivity index (χ4v) is 4.56. The third-order valence-electron chi connectivity index (χ3n) is 6.27. The van der Waals surface area contributed by atoms with Crippen LogP contribution in [0, 0.1) is 18.7 Å². The number of ketones is 1. The molecule has 9 heteroatoms. The van der Waals surface area contributed by atoms with Crippen molar-refractivity contribution in [2.45, 2.75) is 32.3 Å². The molecule has 166 valence electrons. The predicted molar refractivity (Wildman–Crippen MR) is 112 cm³/mol. The Hall–Kier alpha value is -3.49. The highest BCUT2D eigenvalue weighted by Gasteiger charge is 2.36. The summed E-state index contributed by atoms with van der Waals surface area (Å²) in [6.07, 6.45) is 3.23. The molecule has 1 fully saturated rings. The van der Waals surface area contributed by atoms with Crippen LogP contribution in [-0.4, -0.2) is 50.7 Å². The Morgan fingerprint density at radius 1 is 1.19 bits per heavy atom. The SMILES string of the molecule is Cc1nn(C)cc1-c1cc(C(=O)N2CCC(C3CC(=O)c4cc(F)ccc4O3)CC2)no1. The highest BCUT2D eigenvalue weighted by molar-refractivity contribution is 6.00. The maximum absolute atomic E-state index is 13.4. The average molecular weight is 438 g/mol. The van der Waals surface area contributed by atoms with Gasteiger partial charge in [-0.15, -0.1) is 0 Å². The molecule has 1 amide bonds. The summed E-state index contributed by atoms with van der Waals surface area (Å²) in [4.78, 5) is 27.1. The van der Waals surface area contributed by atoms with Gasteiger partial charge in [0.25, 0.3) is 5.91 Å². The number of carbonyl (C=O) groups is 2. The van der Waals surface area contributed by atoms with Gasteiger partial charge in [-0.2, -0.15) is 5.10 Å². The van der Waals surface area contributed by atoms with Gasteiger partial charge >= 0.3 is 0 Å². The van der Waals surface area contributed by atoms with Crippen molar-refractivity contribution < 1.29 is 23.2 Å². The number of likely N-dealkylation sites (tertiary alicyclic amines) is 1. The van der Waals surface area contributed by atoms with Crippen LogP contribution in [0.3, 0.4) is 0 Å². The molecule has 5 rings (SSSR count). The lowest BCUT2D eigenvalue weighted by atomic mass is 9.86. The number of nitrogens with zero attached hydrogens (tertiary/aromatic N) is 4. The Morgan fingerprint density at radius 2 is 1.97 bits per heavy atom. The fraction of sp³-hybridized carbons (Fsp3) is 0.391. The maximum Gasteiger partial charge on any atom is 0.276 e. The second-order valence-corrected chi connectivity index (χ2v) is 8.43. The third-order valence-corrected chi connectivity index (χ3v) is 6.27. The van der Waals surface area contributed by atoms with E-state index in [1.807, 2.05) is 20.2 Å². The van der Waals surface area contributed by atoms with Crippen molar-refractivity contribution in [2.75, 3.05) is 13.1 Å². The van der Waals surface area contributed by atoms with Gasteiger partial charge in [0.1, 0.15) is 17.7 Å². The molecule has 3 aromatic rings. The Labute approximate surface area is 183 Å². The number of rotatable bonds is 3. The molecule has 1 aromatic carbocycles. The van der Waals surface area contributed by atoms with E-state index in [2.05, 4.69) is 10.3 Å². The first-order chi connectivity index (χ1) is 15.4. The second kappa shape index (κ2) is 7.89. The van der Waals surface area contributed by atoms with E-state index in [0.29, 0.717) is 43.0 Å². The first-order valence-electron chi connectivity index (χ1n) is 10.6. The number of aryl methyl sites for hydroxylation is 2. The van der Waals surface area contributed by atoms with E-state index in [4.69, 9.17) is 9.26 Å². The number of halogens is 1. The average Bonchev–Trinajstić information content (AvgIpc) is 3.39. The summed E-state index contributed by atoms with van der Waals surface area (Å²) >= 11 is 0. The molecule has 2 aliphatic heterocycles. The van der Waals surface area contributed by atoms with Crippen molar-refractivity contribution >= 4 is 11.7 Å². The highest BCUT2D eigenvalue weighted by atomic mass is 19.1. The second-order valence-electron chi connectivity index (χ2n) is 8.43. The van der Waals surface area contributed by atoms with Crippen molar-refractivity contribution in [2.24, 2.45) is 13.0 Å². The summed E-state index contributed by atoms with van der Waals surface area (Å²) in [6.45, 7) is 2.96. The van der Waals surface area contributed by atoms with E-state index in [0.717, 1.165) is 11.3 Å². The van der Waals surface area contributed by atoms with E-state index in [1.54, 1.807) is 15.6 Å². The highest BCUT2D eigenvalue weighted by Crippen LogP contribution is 2.34. The Bertz CT molecular complexity index is 1190. The molecule has 2 aliphatic rings. The number of hydrogen-bond acceptors (Lipinski definition) is 6. The normalized spacial score (nSPS) is 19.0. The van der Waals surface area contributed by atoms with E-state index in [9.17, 15) is 14.0 Å². The van der Waals surface area contributed by atoms with Crippen molar-refractivity contribution in [1.29, 1.82) is 0 Å². The Kier molecular flexibility index (Phi) is 5.03. The molecular weight excluding hydrogens is 415 g/mol. The van der Waals surface area contributed by atoms with Gasteiger partial charge in [0.15, 0.2) is 17.2 Å². The zero-order valence-electron chi connectivity index (χ0n) is 17.9. The summed E-state index contributed by atoms with van der Waals surface area (Å²) in [5.74, 6) is 0.370. The molecule has 4 heterocycles. The van der Waals surface area contributed by atoms with Gasteiger partial charge in [-0.3, -0.25) is 14.3 Å². The number of hydrogen-bond donors (Lipinski definition) is 0. The number of fused-ring (bicyclic) bond motifs is 1. The van der Waals surface area contributed by atoms with Gasteiger partial charge in [-0.05, 0) is 43.9 Å². The first kappa shape index (κ1) is 20.4. The van der Waals surface area contributed by atoms with Crippen LogP contribution in [0.1, 0.15) is 45.8 Å². The van der Waals surface area contributed by atoms with Crippen molar-refractivity contribution in [3.05, 3.63) is 53.2 Å². The van der Waals surface area contributed by atoms with Gasteiger partial charge in [0.2, 0.25) is 0 Å². The summed E-state index contributed by atoms with van der Waals surface area (Å²) in [7, 11) is 1.82. The molecule has 0 spiro atoms. The van der Waals surface area contributed by atoms with Gasteiger partial charge < -0.3 is 14.2 Å². The van der Waals surface area contributed by atoms with E-state index >= 15 is 0 Å². The van der Waals surface area contributed by atoms with E-state index in [1.165, 1.54) is 18.2 Å². The van der Waals surface area contributed by atoms with Crippen LogP contribution >= 0.6 is 0 Å². The van der Waals surface area contributed by atoms with Crippen LogP contribution in [0.4, 0.5) is 4.39 Å². The topological polar surface area (TPSA) is 90.5 Å². The maximum atomic E-state index is 13.4. The number of benzene rings is 1. The van der Waals surface area contributed by atoms with Gasteiger partial charge in [-0.1, -0.05) is 5.16 Å². The Morgan fingerprint density at radius 3 is 2.69 bits per heavy atom. The molecule has 0 N–H and O–H groups in total. The van der Waals surface area contributed by atoms with E-state index in [-0.39, 0.29) is 35.8 Å². The first-order valence-corrected chi connectivity index (χ1v) is 10.6. The van der Waals surface area contributed by atoms with Crippen LogP contribution in [0.15, 0.2) is 35.0 Å². The number of amides is 1. The summed E-state index contributed by atoms with van der Waals surface area (Å²) in [5.41, 5.74) is 2.17. The van der Waals surface area contributed by atoms with Crippen molar-refractivity contribution in [1.82, 2.24) is 19.8 Å². The number of ether oxygens (including phenoxy) is 1. The largest absolute Gasteiger partial charge is 0.489 e. The summed E-state index contributed by atoms with van der Waals surface area (Å²) < 4.78 is 26.5. The molecular formula is C23H23FN4O4. The van der Waals surface area contributed by atoms with Crippen molar-refractivity contribution in [3.63, 3.8) is 0 Å². The standard InChI is InChI=1S/C23H23FN4O4/c1-13-17(12-27(2)25-13)22-10-18(26-32-22)23(30)28-7-5-14(6-8-28)21-11-19(29)16-9-15(24)3-4-20(16)31-21/h3-4,9-10,12,14,21H,5-8,11H2,1-2H3. The van der Waals surface area contributed by atoms with E-state index < -0.39 is 5.82 Å². The van der Waals surface area contributed by atoms with Crippen LogP contribution in [0.25, 0.3) is 11.3 Å².